The van der Waals surface area contributed by atoms with Crippen LogP contribution in [0.1, 0.15) is 56.8 Å². The van der Waals surface area contributed by atoms with Crippen LogP contribution in [-0.4, -0.2) is 37.2 Å². The van der Waals surface area contributed by atoms with Crippen molar-refractivity contribution < 1.29 is 28.1 Å². The largest absolute Gasteiger partial charge is 0.491 e. The zero-order chi connectivity index (χ0) is 20.2. The van der Waals surface area contributed by atoms with Crippen LogP contribution in [0.25, 0.3) is 0 Å². The van der Waals surface area contributed by atoms with Gasteiger partial charge in [0.25, 0.3) is 0 Å². The number of carbonyl (C=O) groups excluding carboxylic acids is 1. The van der Waals surface area contributed by atoms with Gasteiger partial charge in [0.05, 0.1) is 30.4 Å². The first kappa shape index (κ1) is 19.9. The van der Waals surface area contributed by atoms with Crippen LogP contribution in [0.3, 0.4) is 0 Å². The smallest absolute Gasteiger partial charge is 0.341 e. The Kier molecular flexibility index (Phi) is 4.88. The van der Waals surface area contributed by atoms with Crippen molar-refractivity contribution >= 4 is 17.6 Å². The van der Waals surface area contributed by atoms with Crippen molar-refractivity contribution in [2.24, 2.45) is 11.3 Å². The van der Waals surface area contributed by atoms with E-state index in [1.54, 1.807) is 20.8 Å². The van der Waals surface area contributed by atoms with Crippen molar-refractivity contribution in [3.05, 3.63) is 28.5 Å². The van der Waals surface area contributed by atoms with E-state index in [0.29, 0.717) is 25.7 Å². The molecule has 154 valence electrons. The highest BCUT2D eigenvalue weighted by Gasteiger charge is 2.62. The highest BCUT2D eigenvalue weighted by Crippen LogP contribution is 2.64. The van der Waals surface area contributed by atoms with Gasteiger partial charge in [-0.2, -0.15) is 0 Å². The lowest BCUT2D eigenvalue weighted by Crippen LogP contribution is -2.37. The van der Waals surface area contributed by atoms with Gasteiger partial charge in [-0.05, 0) is 45.6 Å². The molecule has 7 heteroatoms. The SMILES string of the molecule is CC(C)(C)OC(=O)c1cc(Cl)c(OCC23CCC4(CC2C3)OCCO4)cc1F. The lowest BCUT2D eigenvalue weighted by atomic mass is 9.85. The van der Waals surface area contributed by atoms with E-state index in [1.807, 2.05) is 0 Å². The number of esters is 1. The van der Waals surface area contributed by atoms with E-state index in [-0.39, 0.29) is 21.8 Å². The van der Waals surface area contributed by atoms with Crippen molar-refractivity contribution in [1.82, 2.24) is 0 Å². The zero-order valence-corrected chi connectivity index (χ0v) is 17.2. The van der Waals surface area contributed by atoms with E-state index in [1.165, 1.54) is 12.1 Å². The van der Waals surface area contributed by atoms with E-state index in [4.69, 9.17) is 30.5 Å². The van der Waals surface area contributed by atoms with E-state index < -0.39 is 23.2 Å². The van der Waals surface area contributed by atoms with Gasteiger partial charge in [-0.15, -0.1) is 0 Å². The topological polar surface area (TPSA) is 54.0 Å². The van der Waals surface area contributed by atoms with Gasteiger partial charge < -0.3 is 18.9 Å². The second kappa shape index (κ2) is 6.85. The Hall–Kier alpha value is -1.37. The summed E-state index contributed by atoms with van der Waals surface area (Å²) >= 11 is 6.25. The lowest BCUT2D eigenvalue weighted by molar-refractivity contribution is -0.185. The van der Waals surface area contributed by atoms with E-state index in [2.05, 4.69) is 0 Å². The molecule has 3 fully saturated rings. The highest BCUT2D eigenvalue weighted by molar-refractivity contribution is 6.32. The third-order valence-corrected chi connectivity index (χ3v) is 6.18. The van der Waals surface area contributed by atoms with Crippen LogP contribution in [0.2, 0.25) is 5.02 Å². The predicted octanol–water partition coefficient (Wildman–Crippen LogP) is 4.75. The minimum atomic E-state index is -0.742. The maximum atomic E-state index is 14.5. The fourth-order valence-corrected chi connectivity index (χ4v) is 4.52. The Labute approximate surface area is 169 Å². The molecule has 0 radical (unpaired) electrons. The maximum absolute atomic E-state index is 14.5. The van der Waals surface area contributed by atoms with Gasteiger partial charge in [0.2, 0.25) is 0 Å². The summed E-state index contributed by atoms with van der Waals surface area (Å²) in [5, 5.41) is 0.200. The number of ether oxygens (including phenoxy) is 4. The molecular formula is C21H26ClFO5. The van der Waals surface area contributed by atoms with Crippen LogP contribution in [0.5, 0.6) is 5.75 Å². The minimum Gasteiger partial charge on any atom is -0.491 e. The summed E-state index contributed by atoms with van der Waals surface area (Å²) < 4.78 is 37.2. The molecule has 0 bridgehead atoms. The van der Waals surface area contributed by atoms with Crippen molar-refractivity contribution in [1.29, 1.82) is 0 Å². The van der Waals surface area contributed by atoms with Crippen LogP contribution in [0.15, 0.2) is 12.1 Å². The molecular weight excluding hydrogens is 387 g/mol. The molecule has 1 aromatic rings. The predicted molar refractivity (Wildman–Crippen MR) is 101 cm³/mol. The molecule has 0 amide bonds. The Morgan fingerprint density at radius 1 is 1.25 bits per heavy atom. The number of fused-ring (bicyclic) bond motifs is 1. The number of hydrogen-bond donors (Lipinski definition) is 0. The molecule has 1 saturated heterocycles. The highest BCUT2D eigenvalue weighted by atomic mass is 35.5. The van der Waals surface area contributed by atoms with Crippen molar-refractivity contribution in [2.75, 3.05) is 19.8 Å². The Bertz CT molecular complexity index is 784. The average Bonchev–Trinajstić information content (AvgIpc) is 3.12. The minimum absolute atomic E-state index is 0.0875. The third kappa shape index (κ3) is 3.87. The van der Waals surface area contributed by atoms with Gasteiger partial charge in [-0.3, -0.25) is 0 Å². The first-order chi connectivity index (χ1) is 13.1. The molecule has 2 aliphatic carbocycles. The van der Waals surface area contributed by atoms with E-state index >= 15 is 0 Å². The third-order valence-electron chi connectivity index (χ3n) is 5.89. The standard InChI is InChI=1S/C21H26ClFO5/c1-19(2,3)28-18(24)14-8-15(22)17(9-16(14)23)25-12-20-4-5-21(11-13(20)10-20)26-6-7-27-21/h8-9,13H,4-7,10-12H2,1-3H3. The average molecular weight is 413 g/mol. The maximum Gasteiger partial charge on any atom is 0.341 e. The molecule has 0 N–H and O–H groups in total. The Balaban J connectivity index is 1.40. The van der Waals surface area contributed by atoms with Gasteiger partial charge in [0.1, 0.15) is 17.2 Å². The Morgan fingerprint density at radius 3 is 2.61 bits per heavy atom. The fourth-order valence-electron chi connectivity index (χ4n) is 4.30. The van der Waals surface area contributed by atoms with Crippen molar-refractivity contribution in [3.63, 3.8) is 0 Å². The number of benzene rings is 1. The first-order valence-electron chi connectivity index (χ1n) is 9.75. The summed E-state index contributed by atoms with van der Waals surface area (Å²) in [6, 6.07) is 2.45. The van der Waals surface area contributed by atoms with Crippen LogP contribution in [-0.2, 0) is 14.2 Å². The number of halogens is 2. The lowest BCUT2D eigenvalue weighted by Gasteiger charge is -2.35. The molecule has 28 heavy (non-hydrogen) atoms. The van der Waals surface area contributed by atoms with Crippen molar-refractivity contribution in [3.8, 4) is 5.75 Å². The molecule has 2 atom stereocenters. The normalized spacial score (nSPS) is 28.1. The van der Waals surface area contributed by atoms with Gasteiger partial charge >= 0.3 is 5.97 Å². The quantitative estimate of drug-likeness (QED) is 0.668. The summed E-state index contributed by atoms with van der Waals surface area (Å²) in [4.78, 5) is 12.1. The number of hydrogen-bond acceptors (Lipinski definition) is 5. The molecule has 1 spiro atoms. The zero-order valence-electron chi connectivity index (χ0n) is 16.5. The van der Waals surface area contributed by atoms with Gasteiger partial charge in [0, 0.05) is 24.3 Å². The van der Waals surface area contributed by atoms with Crippen LogP contribution in [0, 0.1) is 17.2 Å². The summed E-state index contributed by atoms with van der Waals surface area (Å²) in [5.41, 5.74) is -0.814. The van der Waals surface area contributed by atoms with Gasteiger partial charge in [-0.25, -0.2) is 9.18 Å². The van der Waals surface area contributed by atoms with E-state index in [9.17, 15) is 9.18 Å². The monoisotopic (exact) mass is 412 g/mol. The molecule has 3 aliphatic rings. The van der Waals surface area contributed by atoms with Crippen LogP contribution >= 0.6 is 11.6 Å². The molecule has 4 rings (SSSR count). The summed E-state index contributed by atoms with van der Waals surface area (Å²) in [5.74, 6) is -1.10. The van der Waals surface area contributed by atoms with Crippen LogP contribution in [0.4, 0.5) is 4.39 Å². The number of carbonyl (C=O) groups is 1. The molecule has 1 heterocycles. The summed E-state index contributed by atoms with van der Waals surface area (Å²) in [6.07, 6.45) is 3.74. The summed E-state index contributed by atoms with van der Waals surface area (Å²) in [7, 11) is 0. The summed E-state index contributed by atoms with van der Waals surface area (Å²) in [6.45, 7) is 6.97. The first-order valence-corrected chi connectivity index (χ1v) is 10.1. The van der Waals surface area contributed by atoms with Gasteiger partial charge in [-0.1, -0.05) is 11.6 Å². The second-order valence-corrected chi connectivity index (χ2v) is 9.54. The van der Waals surface area contributed by atoms with E-state index in [0.717, 1.165) is 25.7 Å². The molecule has 5 nitrogen and oxygen atoms in total. The van der Waals surface area contributed by atoms with Crippen molar-refractivity contribution in [2.45, 2.75) is 57.8 Å². The molecule has 1 aromatic carbocycles. The van der Waals surface area contributed by atoms with Gasteiger partial charge in [0.15, 0.2) is 5.79 Å². The number of rotatable bonds is 4. The Morgan fingerprint density at radius 2 is 1.96 bits per heavy atom. The molecule has 1 aliphatic heterocycles. The fraction of sp³-hybridized carbons (Fsp3) is 0.667. The molecule has 2 unspecified atom stereocenters. The molecule has 0 aromatic heterocycles. The second-order valence-electron chi connectivity index (χ2n) is 9.13. The van der Waals surface area contributed by atoms with Crippen LogP contribution < -0.4 is 4.74 Å². The molecule has 2 saturated carbocycles.